The molecule has 0 saturated carbocycles. The number of hydrogen-bond donors (Lipinski definition) is 3. The Morgan fingerprint density at radius 1 is 1.16 bits per heavy atom. The van der Waals surface area contributed by atoms with Gasteiger partial charge in [-0.15, -0.1) is 0 Å². The van der Waals surface area contributed by atoms with Crippen LogP contribution in [0.5, 0.6) is 0 Å². The molecule has 4 heterocycles. The van der Waals surface area contributed by atoms with Gasteiger partial charge in [0.2, 0.25) is 11.7 Å². The van der Waals surface area contributed by atoms with Gasteiger partial charge in [-0.25, -0.2) is 19.3 Å². The highest BCUT2D eigenvalue weighted by Crippen LogP contribution is 2.36. The number of amides is 3. The average molecular weight is 634 g/mol. The number of imidazole rings is 1. The molecule has 2 aromatic carbocycles. The number of anilines is 1. The van der Waals surface area contributed by atoms with Crippen LogP contribution in [0.1, 0.15) is 49.8 Å². The molecule has 3 N–H and O–H groups in total. The maximum absolute atomic E-state index is 14.4. The van der Waals surface area contributed by atoms with Crippen molar-refractivity contribution in [2.75, 3.05) is 19.4 Å². The summed E-state index contributed by atoms with van der Waals surface area (Å²) in [6.45, 7) is 0.379. The molecule has 0 radical (unpaired) electrons. The third kappa shape index (κ3) is 5.86. The first-order chi connectivity index (χ1) is 21.2. The number of aromatic nitrogens is 5. The summed E-state index contributed by atoms with van der Waals surface area (Å²) in [6, 6.07) is 10.0. The van der Waals surface area contributed by atoms with E-state index in [9.17, 15) is 18.8 Å². The Labute approximate surface area is 259 Å². The number of nitrogens with zero attached hydrogens (tertiary/aromatic N) is 6. The number of halogens is 2. The van der Waals surface area contributed by atoms with Crippen LogP contribution in [0.4, 0.5) is 10.2 Å². The van der Waals surface area contributed by atoms with E-state index in [4.69, 9.17) is 11.6 Å². The maximum Gasteiger partial charge on any atom is 0.287 e. The van der Waals surface area contributed by atoms with E-state index < -0.39 is 29.6 Å². The van der Waals surface area contributed by atoms with Gasteiger partial charge in [-0.3, -0.25) is 14.4 Å². The first-order valence-corrected chi connectivity index (χ1v) is 14.6. The Balaban J connectivity index is 1.36. The van der Waals surface area contributed by atoms with Gasteiger partial charge in [0.05, 0.1) is 23.0 Å². The zero-order valence-electron chi connectivity index (χ0n) is 23.5. The van der Waals surface area contributed by atoms with E-state index in [-0.39, 0.29) is 46.7 Å². The van der Waals surface area contributed by atoms with E-state index in [0.717, 1.165) is 4.70 Å². The average Bonchev–Trinajstić information content (AvgIpc) is 3.59. The number of fused-ring (bicyclic) bond motifs is 2. The van der Waals surface area contributed by atoms with Crippen molar-refractivity contribution < 1.29 is 18.8 Å². The van der Waals surface area contributed by atoms with E-state index in [0.29, 0.717) is 23.3 Å². The van der Waals surface area contributed by atoms with Crippen LogP contribution in [0.15, 0.2) is 54.9 Å². The van der Waals surface area contributed by atoms with Crippen LogP contribution >= 0.6 is 23.1 Å². The molecular formula is C29H25ClFN9O3S. The second-order valence-corrected chi connectivity index (χ2v) is 11.5. The van der Waals surface area contributed by atoms with E-state index in [1.807, 2.05) is 31.1 Å². The minimum absolute atomic E-state index is 0.000990. The summed E-state index contributed by atoms with van der Waals surface area (Å²) in [5, 5.41) is 9.17. The van der Waals surface area contributed by atoms with Gasteiger partial charge in [0.15, 0.2) is 5.82 Å². The van der Waals surface area contributed by atoms with Crippen molar-refractivity contribution in [2.24, 2.45) is 0 Å². The van der Waals surface area contributed by atoms with Crippen molar-refractivity contribution in [2.45, 2.75) is 25.7 Å². The van der Waals surface area contributed by atoms with Crippen LogP contribution < -0.4 is 16.0 Å². The van der Waals surface area contributed by atoms with Crippen molar-refractivity contribution >= 4 is 56.8 Å². The van der Waals surface area contributed by atoms with Crippen LogP contribution in [-0.4, -0.2) is 60.6 Å². The Morgan fingerprint density at radius 3 is 2.70 bits per heavy atom. The van der Waals surface area contributed by atoms with Gasteiger partial charge in [-0.1, -0.05) is 29.8 Å². The molecule has 5 aromatic rings. The third-order valence-corrected chi connectivity index (χ3v) is 8.02. The van der Waals surface area contributed by atoms with E-state index in [2.05, 4.69) is 35.3 Å². The van der Waals surface area contributed by atoms with Crippen LogP contribution in [0, 0.1) is 5.82 Å². The molecule has 3 amide bonds. The predicted octanol–water partition coefficient (Wildman–Crippen LogP) is 3.54. The lowest BCUT2D eigenvalue weighted by molar-refractivity contribution is -0.123. The summed E-state index contributed by atoms with van der Waals surface area (Å²) in [6.07, 6.45) is 3.23. The molecule has 3 aromatic heterocycles. The first kappa shape index (κ1) is 29.3. The zero-order chi connectivity index (χ0) is 31.0. The highest BCUT2D eigenvalue weighted by molar-refractivity contribution is 7.13. The lowest BCUT2D eigenvalue weighted by atomic mass is 10.0. The number of nitrogens with one attached hydrogen (secondary N) is 3. The third-order valence-electron chi connectivity index (χ3n) is 6.85. The highest BCUT2D eigenvalue weighted by atomic mass is 35.5. The fraction of sp³-hybridized carbons (Fsp3) is 0.207. The normalized spacial score (nSPS) is 14.4. The van der Waals surface area contributed by atoms with Crippen molar-refractivity contribution in [1.29, 1.82) is 0 Å². The lowest BCUT2D eigenvalue weighted by Crippen LogP contribution is -2.41. The molecule has 0 saturated heterocycles. The Morgan fingerprint density at radius 2 is 1.93 bits per heavy atom. The summed E-state index contributed by atoms with van der Waals surface area (Å²) >= 11 is 7.61. The van der Waals surface area contributed by atoms with E-state index in [1.54, 1.807) is 24.5 Å². The SMILES string of the molecule is CN(C)Cc1ncc(CNC(=O)c2nc(NC(=O)c3nsc4ccccc34)c3n2CC(=O)N[C@H]3c2cc(F)ccc2Cl)cn1. The van der Waals surface area contributed by atoms with Crippen molar-refractivity contribution in [3.8, 4) is 0 Å². The van der Waals surface area contributed by atoms with Gasteiger partial charge in [0.25, 0.3) is 11.8 Å². The Hall–Kier alpha value is -4.79. The number of rotatable bonds is 8. The summed E-state index contributed by atoms with van der Waals surface area (Å²) in [7, 11) is 3.82. The van der Waals surface area contributed by atoms with E-state index >= 15 is 0 Å². The molecule has 1 aliphatic rings. The molecule has 44 heavy (non-hydrogen) atoms. The maximum atomic E-state index is 14.4. The molecule has 1 aliphatic heterocycles. The van der Waals surface area contributed by atoms with Crippen molar-refractivity contribution in [3.63, 3.8) is 0 Å². The summed E-state index contributed by atoms with van der Waals surface area (Å²) < 4.78 is 20.9. The first-order valence-electron chi connectivity index (χ1n) is 13.4. The van der Waals surface area contributed by atoms with Gasteiger partial charge in [-0.05, 0) is 49.9 Å². The lowest BCUT2D eigenvalue weighted by Gasteiger charge is -2.28. The largest absolute Gasteiger partial charge is 0.345 e. The van der Waals surface area contributed by atoms with Crippen molar-refractivity contribution in [3.05, 3.63) is 99.9 Å². The highest BCUT2D eigenvalue weighted by Gasteiger charge is 2.36. The van der Waals surface area contributed by atoms with Crippen LogP contribution in [-0.2, 0) is 24.4 Å². The molecule has 0 spiro atoms. The van der Waals surface area contributed by atoms with Gasteiger partial charge in [0.1, 0.15) is 23.9 Å². The molecular weight excluding hydrogens is 609 g/mol. The fourth-order valence-electron chi connectivity index (χ4n) is 4.88. The van der Waals surface area contributed by atoms with Gasteiger partial charge in [0, 0.05) is 40.5 Å². The number of carbonyl (C=O) groups excluding carboxylic acids is 3. The van der Waals surface area contributed by atoms with Crippen LogP contribution in [0.3, 0.4) is 0 Å². The van der Waals surface area contributed by atoms with Gasteiger partial charge < -0.3 is 25.4 Å². The fourth-order valence-corrected chi connectivity index (χ4v) is 5.88. The van der Waals surface area contributed by atoms with E-state index in [1.165, 1.54) is 34.3 Å². The summed E-state index contributed by atoms with van der Waals surface area (Å²) in [5.41, 5.74) is 1.32. The number of carbonyl (C=O) groups is 3. The van der Waals surface area contributed by atoms with Gasteiger partial charge >= 0.3 is 0 Å². The molecule has 0 bridgehead atoms. The molecule has 1 atom stereocenters. The topological polar surface area (TPSA) is 147 Å². The van der Waals surface area contributed by atoms with Crippen LogP contribution in [0.25, 0.3) is 10.1 Å². The Kier molecular flexibility index (Phi) is 8.03. The number of hydrogen-bond acceptors (Lipinski definition) is 9. The molecule has 0 aliphatic carbocycles. The number of benzene rings is 2. The minimum Gasteiger partial charge on any atom is -0.345 e. The van der Waals surface area contributed by atoms with Gasteiger partial charge in [-0.2, -0.15) is 4.37 Å². The predicted molar refractivity (Wildman–Crippen MR) is 162 cm³/mol. The standard InChI is InChI=1S/C29H25ClFN9O3S/c1-39(2)13-21-32-10-15(11-33-21)12-34-29(43)27-36-26(37-28(42)24-17-5-3-4-6-20(17)44-38-24)25-23(35-22(41)14-40(25)27)18-9-16(31)7-8-19(18)30/h3-11,23H,12-14H2,1-2H3,(H,34,43)(H,35,41)(H,37,42)/t23-/m0/s1. The molecule has 6 rings (SSSR count). The van der Waals surface area contributed by atoms with Crippen molar-refractivity contribution in [1.82, 2.24) is 39.4 Å². The monoisotopic (exact) mass is 633 g/mol. The Bertz CT molecular complexity index is 1910. The molecule has 224 valence electrons. The summed E-state index contributed by atoms with van der Waals surface area (Å²) in [4.78, 5) is 54.9. The zero-order valence-corrected chi connectivity index (χ0v) is 25.0. The summed E-state index contributed by atoms with van der Waals surface area (Å²) in [5.74, 6) is -1.70. The second-order valence-electron chi connectivity index (χ2n) is 10.3. The quantitative estimate of drug-likeness (QED) is 0.235. The van der Waals surface area contributed by atoms with Crippen LogP contribution in [0.2, 0.25) is 5.02 Å². The molecule has 12 nitrogen and oxygen atoms in total. The second kappa shape index (κ2) is 12.1. The molecule has 0 unspecified atom stereocenters. The molecule has 0 fully saturated rings. The molecule has 15 heteroatoms. The minimum atomic E-state index is -1.02. The smallest absolute Gasteiger partial charge is 0.287 e.